The van der Waals surface area contributed by atoms with Crippen molar-refractivity contribution >= 4 is 54.8 Å². The van der Waals surface area contributed by atoms with Crippen LogP contribution in [-0.2, 0) is 10.0 Å². The summed E-state index contributed by atoms with van der Waals surface area (Å²) < 4.78 is 26.0. The van der Waals surface area contributed by atoms with Gasteiger partial charge in [-0.05, 0) is 35.0 Å². The minimum Gasteiger partial charge on any atom is -0.281 e. The molecule has 1 atom stereocenters. The van der Waals surface area contributed by atoms with E-state index in [4.69, 9.17) is 28.5 Å². The van der Waals surface area contributed by atoms with Crippen LogP contribution in [0.5, 0.6) is 0 Å². The minimum absolute atomic E-state index is 0.0785. The zero-order chi connectivity index (χ0) is 13.2. The van der Waals surface area contributed by atoms with Crippen LogP contribution < -0.4 is 4.72 Å². The number of sulfonamides is 1. The Kier molecular flexibility index (Phi) is 4.67. The molecule has 0 heterocycles. The quantitative estimate of drug-likeness (QED) is 0.842. The van der Waals surface area contributed by atoms with E-state index in [2.05, 4.69) is 20.7 Å². The Morgan fingerprint density at radius 2 is 2.00 bits per heavy atom. The molecular weight excluding hydrogens is 351 g/mol. The van der Waals surface area contributed by atoms with E-state index in [0.29, 0.717) is 4.47 Å². The summed E-state index contributed by atoms with van der Waals surface area (Å²) in [5.74, 6) is 0. The molecule has 0 bridgehead atoms. The molecule has 0 saturated carbocycles. The van der Waals surface area contributed by atoms with Crippen LogP contribution in [0.15, 0.2) is 16.6 Å². The van der Waals surface area contributed by atoms with E-state index in [1.807, 2.05) is 0 Å². The highest BCUT2D eigenvalue weighted by Gasteiger charge is 2.22. The van der Waals surface area contributed by atoms with Crippen molar-refractivity contribution in [3.05, 3.63) is 26.7 Å². The summed E-state index contributed by atoms with van der Waals surface area (Å²) in [6, 6.07) is 4.65. The molecule has 17 heavy (non-hydrogen) atoms. The number of hydrogen-bond acceptors (Lipinski definition) is 3. The van der Waals surface area contributed by atoms with Gasteiger partial charge in [0.05, 0.1) is 21.8 Å². The van der Waals surface area contributed by atoms with Crippen LogP contribution in [0.4, 0.5) is 5.69 Å². The number of benzene rings is 1. The number of halogens is 3. The average molecular weight is 358 g/mol. The fraction of sp³-hybridized carbons (Fsp3) is 0.222. The van der Waals surface area contributed by atoms with Gasteiger partial charge in [-0.3, -0.25) is 4.72 Å². The maximum atomic E-state index is 11.6. The van der Waals surface area contributed by atoms with E-state index in [9.17, 15) is 8.42 Å². The minimum atomic E-state index is -3.79. The van der Waals surface area contributed by atoms with Crippen molar-refractivity contribution in [3.8, 4) is 6.07 Å². The number of rotatable bonds is 3. The fourth-order valence-electron chi connectivity index (χ4n) is 0.916. The smallest absolute Gasteiger partial charge is 0.248 e. The Bertz CT molecular complexity index is 583. The van der Waals surface area contributed by atoms with E-state index >= 15 is 0 Å². The van der Waals surface area contributed by atoms with Crippen LogP contribution in [0.1, 0.15) is 6.92 Å². The van der Waals surface area contributed by atoms with Gasteiger partial charge in [0.1, 0.15) is 0 Å². The summed E-state index contributed by atoms with van der Waals surface area (Å²) in [5, 5.41) is 7.68. The van der Waals surface area contributed by atoms with Crippen molar-refractivity contribution in [1.82, 2.24) is 0 Å². The van der Waals surface area contributed by atoms with Crippen molar-refractivity contribution < 1.29 is 8.42 Å². The molecule has 1 aromatic rings. The van der Waals surface area contributed by atoms with Crippen LogP contribution in [0.2, 0.25) is 10.0 Å². The van der Waals surface area contributed by atoms with Gasteiger partial charge in [-0.15, -0.1) is 0 Å². The van der Waals surface area contributed by atoms with E-state index in [1.54, 1.807) is 12.1 Å². The Morgan fingerprint density at radius 3 is 2.53 bits per heavy atom. The Balaban J connectivity index is 3.15. The summed E-state index contributed by atoms with van der Waals surface area (Å²) in [6.07, 6.45) is 0. The molecule has 1 unspecified atom stereocenters. The van der Waals surface area contributed by atoms with Gasteiger partial charge in [0.2, 0.25) is 10.0 Å². The van der Waals surface area contributed by atoms with Crippen LogP contribution in [-0.4, -0.2) is 13.7 Å². The van der Waals surface area contributed by atoms with Crippen molar-refractivity contribution in [1.29, 1.82) is 5.26 Å². The molecule has 0 fully saturated rings. The number of nitriles is 1. The normalized spacial score (nSPS) is 12.9. The Hall–Kier alpha value is -0.480. The van der Waals surface area contributed by atoms with Gasteiger partial charge in [-0.25, -0.2) is 8.42 Å². The lowest BCUT2D eigenvalue weighted by Gasteiger charge is -2.12. The molecule has 0 aliphatic heterocycles. The zero-order valence-corrected chi connectivity index (χ0v) is 12.5. The number of nitrogens with zero attached hydrogens (tertiary/aromatic N) is 1. The second-order valence-corrected chi connectivity index (χ2v) is 6.75. The molecule has 8 heteroatoms. The lowest BCUT2D eigenvalue weighted by Crippen LogP contribution is -2.24. The zero-order valence-electron chi connectivity index (χ0n) is 8.54. The predicted octanol–water partition coefficient (Wildman–Crippen LogP) is 3.41. The molecule has 1 rings (SSSR count). The van der Waals surface area contributed by atoms with Gasteiger partial charge >= 0.3 is 0 Å². The summed E-state index contributed by atoms with van der Waals surface area (Å²) in [4.78, 5) is 0. The first-order chi connectivity index (χ1) is 7.79. The Labute approximate surface area is 118 Å². The largest absolute Gasteiger partial charge is 0.281 e. The molecule has 0 saturated heterocycles. The van der Waals surface area contributed by atoms with Crippen LogP contribution in [0, 0.1) is 11.3 Å². The van der Waals surface area contributed by atoms with Gasteiger partial charge < -0.3 is 0 Å². The summed E-state index contributed by atoms with van der Waals surface area (Å²) >= 11 is 14.9. The van der Waals surface area contributed by atoms with Gasteiger partial charge in [-0.2, -0.15) is 5.26 Å². The Morgan fingerprint density at radius 1 is 1.41 bits per heavy atom. The van der Waals surface area contributed by atoms with Crippen LogP contribution in [0.25, 0.3) is 0 Å². The maximum absolute atomic E-state index is 11.6. The van der Waals surface area contributed by atoms with E-state index in [1.165, 1.54) is 13.0 Å². The number of hydrogen-bond donors (Lipinski definition) is 1. The number of anilines is 1. The third-order valence-corrected chi connectivity index (χ3v) is 5.25. The first kappa shape index (κ1) is 14.6. The molecule has 0 aliphatic rings. The average Bonchev–Trinajstić information content (AvgIpc) is 2.28. The molecule has 4 nitrogen and oxygen atoms in total. The molecule has 0 radical (unpaired) electrons. The predicted molar refractivity (Wildman–Crippen MR) is 71.8 cm³/mol. The van der Waals surface area contributed by atoms with Crippen molar-refractivity contribution in [3.63, 3.8) is 0 Å². The second-order valence-electron chi connectivity index (χ2n) is 3.14. The van der Waals surface area contributed by atoms with E-state index < -0.39 is 15.3 Å². The standard InChI is InChI=1S/C9H7BrCl2N2O2S/c1-5(4-13)17(15,16)14-7-3-2-6(10)8(11)9(7)12/h2-3,5,14H,1H3. The van der Waals surface area contributed by atoms with Crippen molar-refractivity contribution in [2.45, 2.75) is 12.2 Å². The third kappa shape index (κ3) is 3.26. The van der Waals surface area contributed by atoms with Crippen molar-refractivity contribution in [2.24, 2.45) is 0 Å². The number of nitrogens with one attached hydrogen (secondary N) is 1. The molecule has 92 valence electrons. The molecule has 0 spiro atoms. The summed E-state index contributed by atoms with van der Waals surface area (Å²) in [5.41, 5.74) is 0.141. The van der Waals surface area contributed by atoms with Gasteiger partial charge in [0.15, 0.2) is 5.25 Å². The molecule has 1 aromatic carbocycles. The molecule has 0 aliphatic carbocycles. The van der Waals surface area contributed by atoms with Gasteiger partial charge in [0, 0.05) is 4.47 Å². The topological polar surface area (TPSA) is 70.0 Å². The first-order valence-corrected chi connectivity index (χ1v) is 7.44. The highest BCUT2D eigenvalue weighted by Crippen LogP contribution is 2.36. The van der Waals surface area contributed by atoms with E-state index in [0.717, 1.165) is 0 Å². The summed E-state index contributed by atoms with van der Waals surface area (Å²) in [7, 11) is -3.79. The highest BCUT2D eigenvalue weighted by molar-refractivity contribution is 9.10. The lowest BCUT2D eigenvalue weighted by molar-refractivity contribution is 0.597. The molecule has 1 N–H and O–H groups in total. The SMILES string of the molecule is CC(C#N)S(=O)(=O)Nc1ccc(Br)c(Cl)c1Cl. The second kappa shape index (κ2) is 5.44. The summed E-state index contributed by atoms with van der Waals surface area (Å²) in [6.45, 7) is 1.27. The first-order valence-electron chi connectivity index (χ1n) is 4.34. The molecular formula is C9H7BrCl2N2O2S. The van der Waals surface area contributed by atoms with Gasteiger partial charge in [0.25, 0.3) is 0 Å². The maximum Gasteiger partial charge on any atom is 0.248 e. The van der Waals surface area contributed by atoms with Crippen LogP contribution >= 0.6 is 39.1 Å². The lowest BCUT2D eigenvalue weighted by atomic mass is 10.3. The highest BCUT2D eigenvalue weighted by atomic mass is 79.9. The van der Waals surface area contributed by atoms with E-state index in [-0.39, 0.29) is 15.7 Å². The molecule has 0 amide bonds. The monoisotopic (exact) mass is 356 g/mol. The van der Waals surface area contributed by atoms with Crippen molar-refractivity contribution in [2.75, 3.05) is 4.72 Å². The van der Waals surface area contributed by atoms with Gasteiger partial charge in [-0.1, -0.05) is 23.2 Å². The molecule has 0 aromatic heterocycles. The fourth-order valence-corrected chi connectivity index (χ4v) is 2.59. The van der Waals surface area contributed by atoms with Crippen LogP contribution in [0.3, 0.4) is 0 Å². The third-order valence-electron chi connectivity index (χ3n) is 1.93.